The molecule has 0 atom stereocenters. The molecule has 0 aliphatic rings. The quantitative estimate of drug-likeness (QED) is 0.647. The summed E-state index contributed by atoms with van der Waals surface area (Å²) in [7, 11) is 0. The van der Waals surface area contributed by atoms with Crippen LogP contribution in [0.15, 0.2) is 71.1 Å². The molecule has 7 heteroatoms. The molecule has 2 aromatic carbocycles. The molecule has 0 saturated heterocycles. The lowest BCUT2D eigenvalue weighted by molar-refractivity contribution is -0.115. The van der Waals surface area contributed by atoms with E-state index in [0.717, 1.165) is 0 Å². The van der Waals surface area contributed by atoms with Crippen LogP contribution >= 0.6 is 11.6 Å². The Hall–Kier alpha value is -3.25. The van der Waals surface area contributed by atoms with Crippen LogP contribution in [0, 0.1) is 0 Å². The molecule has 3 aromatic rings. The fourth-order valence-electron chi connectivity index (χ4n) is 2.23. The molecule has 0 aliphatic carbocycles. The van der Waals surface area contributed by atoms with Gasteiger partial charge < -0.3 is 19.8 Å². The van der Waals surface area contributed by atoms with E-state index in [-0.39, 0.29) is 24.8 Å². The summed E-state index contributed by atoms with van der Waals surface area (Å²) in [5.74, 6) is 0.492. The number of para-hydroxylation sites is 1. The maximum atomic E-state index is 12.1. The minimum atomic E-state index is -0.479. The van der Waals surface area contributed by atoms with Gasteiger partial charge in [0.05, 0.1) is 6.54 Å². The Morgan fingerprint density at radius 1 is 0.963 bits per heavy atom. The molecule has 1 heterocycles. The molecule has 0 radical (unpaired) electrons. The predicted molar refractivity (Wildman–Crippen MR) is 102 cm³/mol. The van der Waals surface area contributed by atoms with Gasteiger partial charge in [-0.3, -0.25) is 9.59 Å². The van der Waals surface area contributed by atoms with Crippen LogP contribution in [-0.4, -0.2) is 18.4 Å². The molecule has 0 saturated carbocycles. The van der Waals surface area contributed by atoms with E-state index >= 15 is 0 Å². The van der Waals surface area contributed by atoms with Crippen LogP contribution < -0.4 is 15.4 Å². The number of hydrogen-bond acceptors (Lipinski definition) is 4. The van der Waals surface area contributed by atoms with Crippen LogP contribution in [0.2, 0.25) is 5.02 Å². The zero-order valence-corrected chi connectivity index (χ0v) is 15.0. The summed E-state index contributed by atoms with van der Waals surface area (Å²) < 4.78 is 11.0. The van der Waals surface area contributed by atoms with E-state index < -0.39 is 5.91 Å². The highest BCUT2D eigenvalue weighted by Crippen LogP contribution is 2.14. The van der Waals surface area contributed by atoms with Crippen molar-refractivity contribution in [2.45, 2.75) is 6.61 Å². The van der Waals surface area contributed by atoms with E-state index in [1.165, 1.54) is 6.07 Å². The van der Waals surface area contributed by atoms with E-state index in [9.17, 15) is 9.59 Å². The maximum absolute atomic E-state index is 12.1. The highest BCUT2D eigenvalue weighted by Gasteiger charge is 2.13. The van der Waals surface area contributed by atoms with Crippen molar-refractivity contribution in [2.75, 3.05) is 11.9 Å². The number of carbonyl (C=O) groups excluding carboxylic acids is 2. The van der Waals surface area contributed by atoms with Crippen molar-refractivity contribution in [3.8, 4) is 5.75 Å². The third kappa shape index (κ3) is 5.62. The normalized spacial score (nSPS) is 10.3. The van der Waals surface area contributed by atoms with E-state index in [4.69, 9.17) is 20.8 Å². The number of carbonyl (C=O) groups is 2. The number of hydrogen-bond donors (Lipinski definition) is 2. The van der Waals surface area contributed by atoms with E-state index in [0.29, 0.717) is 22.2 Å². The standard InChI is InChI=1S/C20H17ClN2O4/c21-14-6-8-15(9-7-14)23-19(24)12-22-20(25)18-11-10-17(27-18)13-26-16-4-2-1-3-5-16/h1-11H,12-13H2,(H,22,25)(H,23,24). The summed E-state index contributed by atoms with van der Waals surface area (Å²) in [6.07, 6.45) is 0. The van der Waals surface area contributed by atoms with Crippen molar-refractivity contribution in [3.63, 3.8) is 0 Å². The molecule has 0 bridgehead atoms. The Labute approximate surface area is 161 Å². The smallest absolute Gasteiger partial charge is 0.287 e. The fraction of sp³-hybridized carbons (Fsp3) is 0.100. The number of amides is 2. The molecule has 1 aromatic heterocycles. The van der Waals surface area contributed by atoms with Gasteiger partial charge in [0.25, 0.3) is 5.91 Å². The molecule has 6 nitrogen and oxygen atoms in total. The number of nitrogens with one attached hydrogen (secondary N) is 2. The van der Waals surface area contributed by atoms with Crippen LogP contribution in [0.25, 0.3) is 0 Å². The minimum Gasteiger partial charge on any atom is -0.486 e. The monoisotopic (exact) mass is 384 g/mol. The zero-order chi connectivity index (χ0) is 19.1. The second-order valence-corrected chi connectivity index (χ2v) is 6.04. The van der Waals surface area contributed by atoms with Crippen molar-refractivity contribution in [1.82, 2.24) is 5.32 Å². The zero-order valence-electron chi connectivity index (χ0n) is 14.3. The molecule has 27 heavy (non-hydrogen) atoms. The number of halogens is 1. The Bertz CT molecular complexity index is 907. The highest BCUT2D eigenvalue weighted by atomic mass is 35.5. The number of benzene rings is 2. The van der Waals surface area contributed by atoms with Crippen molar-refractivity contribution < 1.29 is 18.7 Å². The molecular weight excluding hydrogens is 368 g/mol. The lowest BCUT2D eigenvalue weighted by Gasteiger charge is -2.06. The summed E-state index contributed by atoms with van der Waals surface area (Å²) in [4.78, 5) is 24.0. The fourth-order valence-corrected chi connectivity index (χ4v) is 2.36. The third-order valence-corrected chi connectivity index (χ3v) is 3.80. The van der Waals surface area contributed by atoms with Gasteiger partial charge in [-0.05, 0) is 48.5 Å². The van der Waals surface area contributed by atoms with Crippen LogP contribution in [0.4, 0.5) is 5.69 Å². The van der Waals surface area contributed by atoms with Gasteiger partial charge in [0, 0.05) is 10.7 Å². The maximum Gasteiger partial charge on any atom is 0.287 e. The van der Waals surface area contributed by atoms with Gasteiger partial charge in [-0.25, -0.2) is 0 Å². The summed E-state index contributed by atoms with van der Waals surface area (Å²) in [6.45, 7) is 0.0202. The van der Waals surface area contributed by atoms with Crippen molar-refractivity contribution in [3.05, 3.63) is 83.3 Å². The molecular formula is C20H17ClN2O4. The second-order valence-electron chi connectivity index (χ2n) is 5.61. The number of furan rings is 1. The lowest BCUT2D eigenvalue weighted by Crippen LogP contribution is -2.32. The number of ether oxygens (including phenoxy) is 1. The van der Waals surface area contributed by atoms with Crippen LogP contribution in [0.3, 0.4) is 0 Å². The summed E-state index contributed by atoms with van der Waals surface area (Å²) in [6, 6.07) is 19.2. The average molecular weight is 385 g/mol. The Kier molecular flexibility index (Phi) is 6.12. The van der Waals surface area contributed by atoms with Crippen molar-refractivity contribution in [1.29, 1.82) is 0 Å². The molecule has 0 unspecified atom stereocenters. The first-order chi connectivity index (χ1) is 13.1. The average Bonchev–Trinajstić information content (AvgIpc) is 3.16. The topological polar surface area (TPSA) is 80.6 Å². The first kappa shape index (κ1) is 18.5. The van der Waals surface area contributed by atoms with Crippen molar-refractivity contribution in [2.24, 2.45) is 0 Å². The van der Waals surface area contributed by atoms with Crippen molar-refractivity contribution >= 4 is 29.1 Å². The van der Waals surface area contributed by atoms with Crippen LogP contribution in [-0.2, 0) is 11.4 Å². The largest absolute Gasteiger partial charge is 0.486 e. The Morgan fingerprint density at radius 3 is 2.44 bits per heavy atom. The molecule has 2 N–H and O–H groups in total. The highest BCUT2D eigenvalue weighted by molar-refractivity contribution is 6.30. The van der Waals surface area contributed by atoms with Gasteiger partial charge in [-0.1, -0.05) is 29.8 Å². The summed E-state index contributed by atoms with van der Waals surface area (Å²) in [5.41, 5.74) is 0.594. The van der Waals surface area contributed by atoms with Crippen LogP contribution in [0.5, 0.6) is 5.75 Å². The first-order valence-electron chi connectivity index (χ1n) is 8.20. The lowest BCUT2D eigenvalue weighted by atomic mass is 10.3. The Balaban J connectivity index is 1.46. The minimum absolute atomic E-state index is 0.112. The first-order valence-corrected chi connectivity index (χ1v) is 8.58. The number of anilines is 1. The summed E-state index contributed by atoms with van der Waals surface area (Å²) in [5, 5.41) is 5.74. The van der Waals surface area contributed by atoms with E-state index in [1.807, 2.05) is 30.3 Å². The predicted octanol–water partition coefficient (Wildman–Crippen LogP) is 3.88. The van der Waals surface area contributed by atoms with Gasteiger partial charge in [0.15, 0.2) is 5.76 Å². The SMILES string of the molecule is O=C(CNC(=O)c1ccc(COc2ccccc2)o1)Nc1ccc(Cl)cc1. The molecule has 3 rings (SSSR count). The Morgan fingerprint density at radius 2 is 1.70 bits per heavy atom. The third-order valence-electron chi connectivity index (χ3n) is 3.55. The van der Waals surface area contributed by atoms with E-state index in [1.54, 1.807) is 30.3 Å². The molecule has 0 fully saturated rings. The van der Waals surface area contributed by atoms with Gasteiger partial charge in [0.2, 0.25) is 5.91 Å². The van der Waals surface area contributed by atoms with Gasteiger partial charge >= 0.3 is 0 Å². The van der Waals surface area contributed by atoms with Gasteiger partial charge in [0.1, 0.15) is 18.1 Å². The molecule has 0 aliphatic heterocycles. The molecule has 138 valence electrons. The number of rotatable bonds is 7. The second kappa shape index (κ2) is 8.91. The molecule has 2 amide bonds. The van der Waals surface area contributed by atoms with Crippen LogP contribution in [0.1, 0.15) is 16.3 Å². The van der Waals surface area contributed by atoms with Gasteiger partial charge in [-0.15, -0.1) is 0 Å². The molecule has 0 spiro atoms. The van der Waals surface area contributed by atoms with E-state index in [2.05, 4.69) is 10.6 Å². The van der Waals surface area contributed by atoms with Gasteiger partial charge in [-0.2, -0.15) is 0 Å². The summed E-state index contributed by atoms with van der Waals surface area (Å²) >= 11 is 5.79.